The number of aliphatic imine (C=N–C) groups is 1. The molecule has 0 bridgehead atoms. The van der Waals surface area contributed by atoms with E-state index in [4.69, 9.17) is 0 Å². The summed E-state index contributed by atoms with van der Waals surface area (Å²) in [5.74, 6) is 0.783. The lowest BCUT2D eigenvalue weighted by atomic mass is 10.2. The van der Waals surface area contributed by atoms with Gasteiger partial charge in [-0.2, -0.15) is 0 Å². The van der Waals surface area contributed by atoms with E-state index in [1.54, 1.807) is 11.8 Å². The molecule has 15 heavy (non-hydrogen) atoms. The normalized spacial score (nSPS) is 20.2. The minimum Gasteiger partial charge on any atom is -0.335 e. The van der Waals surface area contributed by atoms with Crippen molar-refractivity contribution in [3.05, 3.63) is 29.6 Å². The number of nitrogens with zero attached hydrogens (tertiary/aromatic N) is 1. The second kappa shape index (κ2) is 4.23. The van der Waals surface area contributed by atoms with Crippen molar-refractivity contribution in [2.75, 3.05) is 11.1 Å². The van der Waals surface area contributed by atoms with Crippen LogP contribution in [0.5, 0.6) is 0 Å². The molecule has 0 fully saturated rings. The standard InChI is InChI=1S/C11H13FN2S/c1-7-3-9(12)5-10(4-7)14-11-13-8(2)6-15-11/h3-5,8H,6H2,1-2H3,(H,13,14). The van der Waals surface area contributed by atoms with Crippen molar-refractivity contribution in [3.63, 3.8) is 0 Å². The zero-order chi connectivity index (χ0) is 10.8. The Morgan fingerprint density at radius 3 is 2.87 bits per heavy atom. The van der Waals surface area contributed by atoms with Crippen LogP contribution < -0.4 is 5.32 Å². The molecule has 0 radical (unpaired) electrons. The van der Waals surface area contributed by atoms with Crippen LogP contribution >= 0.6 is 11.8 Å². The molecule has 0 aromatic heterocycles. The molecule has 1 N–H and O–H groups in total. The highest BCUT2D eigenvalue weighted by Gasteiger charge is 2.13. The average molecular weight is 224 g/mol. The van der Waals surface area contributed by atoms with E-state index >= 15 is 0 Å². The molecule has 1 heterocycles. The van der Waals surface area contributed by atoms with Crippen molar-refractivity contribution >= 4 is 22.6 Å². The highest BCUT2D eigenvalue weighted by molar-refractivity contribution is 8.14. The third-order valence-corrected chi connectivity index (χ3v) is 3.22. The van der Waals surface area contributed by atoms with Crippen molar-refractivity contribution < 1.29 is 4.39 Å². The first-order chi connectivity index (χ1) is 7.13. The van der Waals surface area contributed by atoms with Gasteiger partial charge in [-0.05, 0) is 37.6 Å². The van der Waals surface area contributed by atoms with Crippen LogP contribution in [-0.2, 0) is 0 Å². The summed E-state index contributed by atoms with van der Waals surface area (Å²) in [6, 6.07) is 5.26. The third-order valence-electron chi connectivity index (χ3n) is 2.09. The number of amidine groups is 1. The Bertz CT molecular complexity index is 383. The van der Waals surface area contributed by atoms with Crippen LogP contribution in [0.4, 0.5) is 10.1 Å². The van der Waals surface area contributed by atoms with Gasteiger partial charge in [0.25, 0.3) is 0 Å². The molecule has 1 aliphatic heterocycles. The van der Waals surface area contributed by atoms with Crippen molar-refractivity contribution in [3.8, 4) is 0 Å². The molecule has 2 nitrogen and oxygen atoms in total. The quantitative estimate of drug-likeness (QED) is 0.793. The van der Waals surface area contributed by atoms with Crippen LogP contribution in [0.25, 0.3) is 0 Å². The number of hydrogen-bond acceptors (Lipinski definition) is 3. The topological polar surface area (TPSA) is 24.4 Å². The van der Waals surface area contributed by atoms with E-state index in [9.17, 15) is 4.39 Å². The minimum atomic E-state index is -0.214. The van der Waals surface area contributed by atoms with Gasteiger partial charge in [-0.3, -0.25) is 4.99 Å². The molecule has 1 atom stereocenters. The SMILES string of the molecule is Cc1cc(F)cc(NC2=NC(C)CS2)c1. The largest absolute Gasteiger partial charge is 0.335 e. The second-order valence-electron chi connectivity index (χ2n) is 3.74. The first-order valence-electron chi connectivity index (χ1n) is 4.88. The van der Waals surface area contributed by atoms with Gasteiger partial charge in [0, 0.05) is 11.4 Å². The van der Waals surface area contributed by atoms with Crippen LogP contribution in [0.1, 0.15) is 12.5 Å². The molecule has 1 aliphatic rings. The fraction of sp³-hybridized carbons (Fsp3) is 0.364. The van der Waals surface area contributed by atoms with Crippen molar-refractivity contribution in [1.82, 2.24) is 0 Å². The van der Waals surface area contributed by atoms with Crippen LogP contribution in [-0.4, -0.2) is 17.0 Å². The Morgan fingerprint density at radius 1 is 1.47 bits per heavy atom. The zero-order valence-electron chi connectivity index (χ0n) is 8.75. The predicted octanol–water partition coefficient (Wildman–Crippen LogP) is 3.04. The van der Waals surface area contributed by atoms with E-state index in [1.807, 2.05) is 13.0 Å². The summed E-state index contributed by atoms with van der Waals surface area (Å²) in [6.07, 6.45) is 0. The van der Waals surface area contributed by atoms with Gasteiger partial charge in [-0.15, -0.1) is 0 Å². The number of benzene rings is 1. The lowest BCUT2D eigenvalue weighted by molar-refractivity contribution is 0.627. The van der Waals surface area contributed by atoms with Gasteiger partial charge >= 0.3 is 0 Å². The second-order valence-corrected chi connectivity index (χ2v) is 4.75. The third kappa shape index (κ3) is 2.72. The molecule has 80 valence electrons. The van der Waals surface area contributed by atoms with E-state index in [1.165, 1.54) is 12.1 Å². The van der Waals surface area contributed by atoms with Gasteiger partial charge in [0.15, 0.2) is 5.17 Å². The maximum absolute atomic E-state index is 13.1. The zero-order valence-corrected chi connectivity index (χ0v) is 9.57. The Morgan fingerprint density at radius 2 is 2.27 bits per heavy atom. The van der Waals surface area contributed by atoms with Crippen LogP contribution in [0.3, 0.4) is 0 Å². The number of thioether (sulfide) groups is 1. The van der Waals surface area contributed by atoms with Crippen molar-refractivity contribution in [2.24, 2.45) is 4.99 Å². The summed E-state index contributed by atoms with van der Waals surface area (Å²) in [4.78, 5) is 4.39. The van der Waals surface area contributed by atoms with E-state index in [2.05, 4.69) is 17.2 Å². The Balaban J connectivity index is 2.14. The van der Waals surface area contributed by atoms with E-state index in [-0.39, 0.29) is 5.82 Å². The van der Waals surface area contributed by atoms with E-state index in [0.717, 1.165) is 22.2 Å². The van der Waals surface area contributed by atoms with E-state index in [0.29, 0.717) is 6.04 Å². The number of anilines is 1. The van der Waals surface area contributed by atoms with Crippen molar-refractivity contribution in [2.45, 2.75) is 19.9 Å². The molecular weight excluding hydrogens is 211 g/mol. The lowest BCUT2D eigenvalue weighted by Crippen LogP contribution is -2.05. The van der Waals surface area contributed by atoms with Gasteiger partial charge in [0.2, 0.25) is 0 Å². The summed E-state index contributed by atoms with van der Waals surface area (Å²) in [7, 11) is 0. The minimum absolute atomic E-state index is 0.214. The first kappa shape index (κ1) is 10.5. The number of aryl methyl sites for hydroxylation is 1. The highest BCUT2D eigenvalue weighted by atomic mass is 32.2. The summed E-state index contributed by atoms with van der Waals surface area (Å²) < 4.78 is 13.1. The molecule has 0 saturated carbocycles. The summed E-state index contributed by atoms with van der Waals surface area (Å²) >= 11 is 1.67. The number of hydrogen-bond donors (Lipinski definition) is 1. The number of halogens is 1. The predicted molar refractivity (Wildman–Crippen MR) is 64.1 cm³/mol. The van der Waals surface area contributed by atoms with Gasteiger partial charge in [-0.25, -0.2) is 4.39 Å². The fourth-order valence-electron chi connectivity index (χ4n) is 1.47. The molecule has 0 saturated heterocycles. The van der Waals surface area contributed by atoms with Gasteiger partial charge in [0.1, 0.15) is 5.82 Å². The molecule has 1 aromatic rings. The maximum Gasteiger partial charge on any atom is 0.161 e. The van der Waals surface area contributed by atoms with Crippen molar-refractivity contribution in [1.29, 1.82) is 0 Å². The summed E-state index contributed by atoms with van der Waals surface area (Å²) in [6.45, 7) is 3.94. The molecule has 0 aliphatic carbocycles. The Kier molecular flexibility index (Phi) is 2.95. The molecule has 0 amide bonds. The molecular formula is C11H13FN2S. The molecule has 1 unspecified atom stereocenters. The molecule has 1 aromatic carbocycles. The van der Waals surface area contributed by atoms with Crippen LogP contribution in [0.2, 0.25) is 0 Å². The number of rotatable bonds is 1. The van der Waals surface area contributed by atoms with Crippen LogP contribution in [0.15, 0.2) is 23.2 Å². The number of nitrogens with one attached hydrogen (secondary N) is 1. The average Bonchev–Trinajstić information content (AvgIpc) is 2.49. The van der Waals surface area contributed by atoms with Gasteiger partial charge < -0.3 is 5.32 Å². The van der Waals surface area contributed by atoms with Gasteiger partial charge in [0.05, 0.1) is 6.04 Å². The molecule has 0 spiro atoms. The fourth-order valence-corrected chi connectivity index (χ4v) is 2.39. The summed E-state index contributed by atoms with van der Waals surface area (Å²) in [5, 5.41) is 4.01. The monoisotopic (exact) mass is 224 g/mol. The van der Waals surface area contributed by atoms with E-state index < -0.39 is 0 Å². The molecule has 2 rings (SSSR count). The molecule has 4 heteroatoms. The summed E-state index contributed by atoms with van der Waals surface area (Å²) in [5.41, 5.74) is 1.68. The first-order valence-corrected chi connectivity index (χ1v) is 5.87. The lowest BCUT2D eigenvalue weighted by Gasteiger charge is -2.05. The Hall–Kier alpha value is -1.03. The Labute approximate surface area is 93.0 Å². The maximum atomic E-state index is 13.1. The highest BCUT2D eigenvalue weighted by Crippen LogP contribution is 2.21. The van der Waals surface area contributed by atoms with Gasteiger partial charge in [-0.1, -0.05) is 11.8 Å². The van der Waals surface area contributed by atoms with Crippen LogP contribution in [0, 0.1) is 12.7 Å². The smallest absolute Gasteiger partial charge is 0.161 e.